The maximum absolute atomic E-state index is 13.0. The molecule has 0 radical (unpaired) electrons. The van der Waals surface area contributed by atoms with Crippen molar-refractivity contribution in [3.63, 3.8) is 0 Å². The monoisotopic (exact) mass is 447 g/mol. The number of esters is 1. The lowest BCUT2D eigenvalue weighted by Crippen LogP contribution is -2.56. The summed E-state index contributed by atoms with van der Waals surface area (Å²) in [5.74, 6) is -1.66. The van der Waals surface area contributed by atoms with Crippen LogP contribution in [0.1, 0.15) is 52.5 Å². The Hall–Kier alpha value is -2.45. The predicted octanol–water partition coefficient (Wildman–Crippen LogP) is 1.51. The van der Waals surface area contributed by atoms with Crippen LogP contribution < -0.4 is 16.0 Å². The summed E-state index contributed by atoms with van der Waals surface area (Å²) in [7, 11) is 0. The largest absolute Gasteiger partial charge is 0.459 e. The maximum Gasteiger partial charge on any atom is 0.329 e. The van der Waals surface area contributed by atoms with Crippen molar-refractivity contribution in [2.75, 3.05) is 6.54 Å². The Morgan fingerprint density at radius 2 is 1.78 bits per heavy atom. The van der Waals surface area contributed by atoms with Gasteiger partial charge in [-0.2, -0.15) is 0 Å². The van der Waals surface area contributed by atoms with Gasteiger partial charge in [0.2, 0.25) is 5.91 Å². The van der Waals surface area contributed by atoms with Gasteiger partial charge >= 0.3 is 5.97 Å². The Morgan fingerprint density at radius 3 is 2.34 bits per heavy atom. The summed E-state index contributed by atoms with van der Waals surface area (Å²) in [5.41, 5.74) is 0.856. The fraction of sp³-hybridized carbons (Fsp3) is 0.625. The van der Waals surface area contributed by atoms with Crippen LogP contribution in [0.15, 0.2) is 30.3 Å². The van der Waals surface area contributed by atoms with Gasteiger partial charge in [-0.1, -0.05) is 58.0 Å². The molecule has 2 amide bonds. The number of hydrogen-bond donors (Lipinski definition) is 4. The first-order valence-corrected chi connectivity index (χ1v) is 11.4. The summed E-state index contributed by atoms with van der Waals surface area (Å²) in [6, 6.07) is 7.30. The minimum Gasteiger partial charge on any atom is -0.459 e. The highest BCUT2D eigenvalue weighted by atomic mass is 16.5. The van der Waals surface area contributed by atoms with Crippen molar-refractivity contribution in [3.05, 3.63) is 35.9 Å². The average molecular weight is 448 g/mol. The van der Waals surface area contributed by atoms with Gasteiger partial charge in [0.25, 0.3) is 5.91 Å². The second-order valence-electron chi connectivity index (χ2n) is 9.16. The summed E-state index contributed by atoms with van der Waals surface area (Å²) in [5, 5.41) is 18.9. The molecule has 1 aliphatic heterocycles. The number of ether oxygens (including phenoxy) is 1. The number of carbonyl (C=O) groups is 3. The molecule has 3 unspecified atom stereocenters. The zero-order valence-electron chi connectivity index (χ0n) is 19.5. The zero-order valence-corrected chi connectivity index (χ0v) is 19.5. The van der Waals surface area contributed by atoms with Crippen LogP contribution in [0.3, 0.4) is 0 Å². The van der Waals surface area contributed by atoms with Crippen molar-refractivity contribution in [1.29, 1.82) is 0 Å². The summed E-state index contributed by atoms with van der Waals surface area (Å²) in [6.45, 7) is 8.39. The minimum atomic E-state index is -1.23. The van der Waals surface area contributed by atoms with E-state index in [1.807, 2.05) is 58.0 Å². The first-order valence-electron chi connectivity index (χ1n) is 11.4. The Morgan fingerprint density at radius 1 is 1.09 bits per heavy atom. The lowest BCUT2D eigenvalue weighted by Gasteiger charge is -2.27. The fourth-order valence-corrected chi connectivity index (χ4v) is 3.69. The van der Waals surface area contributed by atoms with Gasteiger partial charge in [0.15, 0.2) is 0 Å². The van der Waals surface area contributed by atoms with E-state index in [1.54, 1.807) is 0 Å². The number of hydrogen-bond acceptors (Lipinski definition) is 6. The Labute approximate surface area is 190 Å². The molecule has 8 heteroatoms. The van der Waals surface area contributed by atoms with Crippen molar-refractivity contribution in [2.24, 2.45) is 11.8 Å². The molecule has 0 aliphatic carbocycles. The number of benzene rings is 1. The SMILES string of the molecule is CC(C)C[C@@H](NC(=O)C(O)C1CCCN1)C(=O)NC(C(=O)OCc1ccccc1)C(C)C. The quantitative estimate of drug-likeness (QED) is 0.382. The van der Waals surface area contributed by atoms with E-state index in [2.05, 4.69) is 16.0 Å². The van der Waals surface area contributed by atoms with Gasteiger partial charge < -0.3 is 25.8 Å². The van der Waals surface area contributed by atoms with E-state index in [1.165, 1.54) is 0 Å². The van der Waals surface area contributed by atoms with Crippen LogP contribution in [-0.4, -0.2) is 53.7 Å². The molecular weight excluding hydrogens is 410 g/mol. The Balaban J connectivity index is 2.00. The standard InChI is InChI=1S/C24H37N3O5/c1-15(2)13-19(26-23(30)21(28)18-11-8-12-25-18)22(29)27-20(16(3)4)24(31)32-14-17-9-6-5-7-10-17/h5-7,9-10,15-16,18-21,25,28H,8,11-14H2,1-4H3,(H,26,30)(H,27,29)/t18?,19-,20?,21?/m1/s1. The number of aliphatic hydroxyl groups excluding tert-OH is 1. The third-order valence-corrected chi connectivity index (χ3v) is 5.53. The minimum absolute atomic E-state index is 0.117. The number of rotatable bonds is 11. The summed E-state index contributed by atoms with van der Waals surface area (Å²) >= 11 is 0. The molecule has 1 heterocycles. The van der Waals surface area contributed by atoms with Gasteiger partial charge in [-0.3, -0.25) is 9.59 Å². The molecule has 1 saturated heterocycles. The highest BCUT2D eigenvalue weighted by molar-refractivity contribution is 5.92. The number of aliphatic hydroxyl groups is 1. The Bertz CT molecular complexity index is 747. The van der Waals surface area contributed by atoms with Crippen molar-refractivity contribution in [1.82, 2.24) is 16.0 Å². The van der Waals surface area contributed by atoms with Crippen LogP contribution in [0.4, 0.5) is 0 Å². The molecule has 1 aliphatic rings. The summed E-state index contributed by atoms with van der Waals surface area (Å²) in [6.07, 6.45) is 0.758. The van der Waals surface area contributed by atoms with Crippen LogP contribution in [0.2, 0.25) is 0 Å². The molecule has 0 bridgehead atoms. The normalized spacial score (nSPS) is 18.8. The van der Waals surface area contributed by atoms with E-state index in [0.29, 0.717) is 12.8 Å². The van der Waals surface area contributed by atoms with Crippen molar-refractivity contribution in [2.45, 2.75) is 77.8 Å². The van der Waals surface area contributed by atoms with E-state index < -0.39 is 36.0 Å². The van der Waals surface area contributed by atoms with E-state index in [4.69, 9.17) is 4.74 Å². The van der Waals surface area contributed by atoms with Crippen LogP contribution >= 0.6 is 0 Å². The third kappa shape index (κ3) is 7.91. The van der Waals surface area contributed by atoms with Gasteiger partial charge in [-0.05, 0) is 43.2 Å². The smallest absolute Gasteiger partial charge is 0.329 e. The molecular formula is C24H37N3O5. The number of amides is 2. The summed E-state index contributed by atoms with van der Waals surface area (Å²) < 4.78 is 5.41. The van der Waals surface area contributed by atoms with E-state index in [-0.39, 0.29) is 24.5 Å². The highest BCUT2D eigenvalue weighted by Crippen LogP contribution is 2.13. The molecule has 0 saturated carbocycles. The molecule has 1 aromatic rings. The molecule has 2 rings (SSSR count). The van der Waals surface area contributed by atoms with E-state index in [0.717, 1.165) is 18.5 Å². The van der Waals surface area contributed by atoms with E-state index >= 15 is 0 Å². The lowest BCUT2D eigenvalue weighted by atomic mass is 9.99. The molecule has 178 valence electrons. The second-order valence-corrected chi connectivity index (χ2v) is 9.16. The molecule has 4 N–H and O–H groups in total. The number of carbonyl (C=O) groups excluding carboxylic acids is 3. The molecule has 1 aromatic carbocycles. The maximum atomic E-state index is 13.0. The highest BCUT2D eigenvalue weighted by Gasteiger charge is 2.33. The third-order valence-electron chi connectivity index (χ3n) is 5.53. The van der Waals surface area contributed by atoms with Crippen molar-refractivity contribution < 1.29 is 24.2 Å². The molecule has 1 fully saturated rings. The van der Waals surface area contributed by atoms with Crippen molar-refractivity contribution in [3.8, 4) is 0 Å². The van der Waals surface area contributed by atoms with Gasteiger partial charge in [-0.25, -0.2) is 4.79 Å². The second kappa shape index (κ2) is 12.6. The predicted molar refractivity (Wildman–Crippen MR) is 121 cm³/mol. The first kappa shape index (κ1) is 25.8. The van der Waals surface area contributed by atoms with Crippen LogP contribution in [0.5, 0.6) is 0 Å². The molecule has 0 aromatic heterocycles. The van der Waals surface area contributed by atoms with Crippen molar-refractivity contribution >= 4 is 17.8 Å². The van der Waals surface area contributed by atoms with Gasteiger partial charge in [0.1, 0.15) is 24.8 Å². The number of nitrogens with one attached hydrogen (secondary N) is 3. The van der Waals surface area contributed by atoms with Crippen LogP contribution in [-0.2, 0) is 25.7 Å². The zero-order chi connectivity index (χ0) is 23.7. The first-order chi connectivity index (χ1) is 15.2. The fourth-order valence-electron chi connectivity index (χ4n) is 3.69. The average Bonchev–Trinajstić information content (AvgIpc) is 3.29. The van der Waals surface area contributed by atoms with Gasteiger partial charge in [0.05, 0.1) is 0 Å². The van der Waals surface area contributed by atoms with Gasteiger partial charge in [-0.15, -0.1) is 0 Å². The Kier molecular flexibility index (Phi) is 10.1. The van der Waals surface area contributed by atoms with Crippen LogP contribution in [0, 0.1) is 11.8 Å². The molecule has 0 spiro atoms. The topological polar surface area (TPSA) is 117 Å². The van der Waals surface area contributed by atoms with Gasteiger partial charge in [0, 0.05) is 6.04 Å². The lowest BCUT2D eigenvalue weighted by molar-refractivity contribution is -0.150. The molecule has 32 heavy (non-hydrogen) atoms. The van der Waals surface area contributed by atoms with E-state index in [9.17, 15) is 19.5 Å². The molecule has 8 nitrogen and oxygen atoms in total. The van der Waals surface area contributed by atoms with Crippen LogP contribution in [0.25, 0.3) is 0 Å². The molecule has 4 atom stereocenters. The summed E-state index contributed by atoms with van der Waals surface area (Å²) in [4.78, 5) is 38.3.